The van der Waals surface area contributed by atoms with Crippen molar-refractivity contribution in [3.05, 3.63) is 69.4 Å². The van der Waals surface area contributed by atoms with Crippen molar-refractivity contribution in [2.45, 2.75) is 38.5 Å². The molecule has 1 aliphatic rings. The van der Waals surface area contributed by atoms with E-state index >= 15 is 0 Å². The number of aromatic nitrogens is 3. The molecule has 32 heavy (non-hydrogen) atoms. The quantitative estimate of drug-likeness (QED) is 0.473. The van der Waals surface area contributed by atoms with Crippen molar-refractivity contribution < 1.29 is 4.79 Å². The van der Waals surface area contributed by atoms with Gasteiger partial charge in [0.2, 0.25) is 5.91 Å². The van der Waals surface area contributed by atoms with E-state index in [2.05, 4.69) is 9.97 Å². The Bertz CT molecular complexity index is 1250. The van der Waals surface area contributed by atoms with Gasteiger partial charge in [-0.2, -0.15) is 0 Å². The van der Waals surface area contributed by atoms with Crippen LogP contribution in [-0.4, -0.2) is 44.3 Å². The molecule has 0 bridgehead atoms. The van der Waals surface area contributed by atoms with Crippen molar-refractivity contribution in [2.75, 3.05) is 13.1 Å². The van der Waals surface area contributed by atoms with Crippen LogP contribution < -0.4 is 11.3 Å². The number of carbonyl (C=O) groups excluding carboxylic acids is 1. The molecule has 4 rings (SSSR count). The van der Waals surface area contributed by atoms with Gasteiger partial charge in [0.15, 0.2) is 0 Å². The molecule has 0 radical (unpaired) electrons. The first-order chi connectivity index (χ1) is 15.2. The second kappa shape index (κ2) is 8.18. The normalized spacial score (nSPS) is 14.2. The number of nitrogen functional groups attached to an aromatic ring is 1. The van der Waals surface area contributed by atoms with E-state index in [0.717, 1.165) is 31.5 Å². The fourth-order valence-electron chi connectivity index (χ4n) is 4.20. The molecule has 0 unspecified atom stereocenters. The van der Waals surface area contributed by atoms with Crippen LogP contribution in [0.1, 0.15) is 49.2 Å². The number of pyridine rings is 1. The zero-order chi connectivity index (χ0) is 23.0. The van der Waals surface area contributed by atoms with Gasteiger partial charge in [-0.05, 0) is 56.5 Å². The maximum atomic E-state index is 13.1. The predicted octanol–water partition coefficient (Wildman–Crippen LogP) is 2.10. The van der Waals surface area contributed by atoms with E-state index in [0.29, 0.717) is 28.0 Å². The molecule has 0 saturated carbocycles. The highest BCUT2D eigenvalue weighted by molar-refractivity contribution is 5.94. The van der Waals surface area contributed by atoms with E-state index in [-0.39, 0.29) is 23.7 Å². The number of aryl methyl sites for hydroxylation is 1. The topological polar surface area (TPSA) is 118 Å². The number of nitrogens with zero attached hydrogens (tertiary/aromatic N) is 4. The van der Waals surface area contributed by atoms with Gasteiger partial charge in [0.05, 0.1) is 16.4 Å². The first-order valence-corrected chi connectivity index (χ1v) is 10.8. The summed E-state index contributed by atoms with van der Waals surface area (Å²) in [5.41, 5.74) is 8.45. The van der Waals surface area contributed by atoms with Crippen molar-refractivity contribution in [3.8, 4) is 0 Å². The van der Waals surface area contributed by atoms with Crippen LogP contribution in [0.2, 0.25) is 0 Å². The summed E-state index contributed by atoms with van der Waals surface area (Å²) in [6.45, 7) is 5.50. The van der Waals surface area contributed by atoms with Gasteiger partial charge < -0.3 is 15.2 Å². The molecule has 166 valence electrons. The average molecular weight is 433 g/mol. The SMILES string of the molecule is Cn1c(=O)c(Cc2ccc(C(=N)N)cn2)nc2cc(C(C)(C)C(=O)N3CCCC3)ccc21. The van der Waals surface area contributed by atoms with Crippen LogP contribution in [0, 0.1) is 5.41 Å². The van der Waals surface area contributed by atoms with Gasteiger partial charge >= 0.3 is 0 Å². The highest BCUT2D eigenvalue weighted by atomic mass is 16.2. The van der Waals surface area contributed by atoms with E-state index in [4.69, 9.17) is 11.1 Å². The Morgan fingerprint density at radius 1 is 1.19 bits per heavy atom. The van der Waals surface area contributed by atoms with Crippen molar-refractivity contribution >= 4 is 22.8 Å². The Balaban J connectivity index is 1.71. The Hall–Kier alpha value is -3.55. The molecule has 1 saturated heterocycles. The molecule has 1 amide bonds. The zero-order valence-corrected chi connectivity index (χ0v) is 18.7. The standard InChI is InChI=1S/C24H28N6O2/c1-24(2,23(32)30-10-4-5-11-30)16-7-9-20-18(12-16)28-19(22(31)29(20)3)13-17-8-6-15(14-27-17)21(25)26/h6-9,12,14H,4-5,10-11,13H2,1-3H3,(H3,25,26). The average Bonchev–Trinajstić information content (AvgIpc) is 3.31. The summed E-state index contributed by atoms with van der Waals surface area (Å²) < 4.78 is 1.58. The number of hydrogen-bond acceptors (Lipinski definition) is 5. The van der Waals surface area contributed by atoms with Gasteiger partial charge in [0, 0.05) is 44.0 Å². The third kappa shape index (κ3) is 3.88. The summed E-state index contributed by atoms with van der Waals surface area (Å²) in [6.07, 6.45) is 3.89. The molecule has 3 N–H and O–H groups in total. The number of hydrogen-bond donors (Lipinski definition) is 2. The summed E-state index contributed by atoms with van der Waals surface area (Å²) in [5, 5.41) is 7.48. The van der Waals surface area contributed by atoms with E-state index in [1.807, 2.05) is 36.9 Å². The number of amidine groups is 1. The first kappa shape index (κ1) is 21.7. The third-order valence-electron chi connectivity index (χ3n) is 6.28. The minimum Gasteiger partial charge on any atom is -0.384 e. The Labute approximate surface area is 186 Å². The fourth-order valence-corrected chi connectivity index (χ4v) is 4.20. The van der Waals surface area contributed by atoms with Gasteiger partial charge in [-0.25, -0.2) is 4.98 Å². The van der Waals surface area contributed by atoms with Crippen LogP contribution >= 0.6 is 0 Å². The van der Waals surface area contributed by atoms with Crippen molar-refractivity contribution in [1.29, 1.82) is 5.41 Å². The summed E-state index contributed by atoms with van der Waals surface area (Å²) >= 11 is 0. The van der Waals surface area contributed by atoms with Crippen molar-refractivity contribution in [3.63, 3.8) is 0 Å². The Morgan fingerprint density at radius 2 is 1.91 bits per heavy atom. The Morgan fingerprint density at radius 3 is 2.53 bits per heavy atom. The van der Waals surface area contributed by atoms with Gasteiger partial charge in [-0.15, -0.1) is 0 Å². The fraction of sp³-hybridized carbons (Fsp3) is 0.375. The first-order valence-electron chi connectivity index (χ1n) is 10.8. The van der Waals surface area contributed by atoms with E-state index in [1.165, 1.54) is 6.20 Å². The lowest BCUT2D eigenvalue weighted by Crippen LogP contribution is -2.42. The van der Waals surface area contributed by atoms with Crippen LogP contribution in [0.15, 0.2) is 41.3 Å². The van der Waals surface area contributed by atoms with Crippen LogP contribution in [0.3, 0.4) is 0 Å². The number of carbonyl (C=O) groups is 1. The lowest BCUT2D eigenvalue weighted by molar-refractivity contribution is -0.135. The molecular formula is C24H28N6O2. The largest absolute Gasteiger partial charge is 0.384 e. The van der Waals surface area contributed by atoms with Crippen LogP contribution in [0.25, 0.3) is 11.0 Å². The number of fused-ring (bicyclic) bond motifs is 1. The Kier molecular flexibility index (Phi) is 5.54. The van der Waals surface area contributed by atoms with Crippen LogP contribution in [-0.2, 0) is 23.7 Å². The smallest absolute Gasteiger partial charge is 0.272 e. The molecule has 2 aromatic heterocycles. The molecule has 1 aromatic carbocycles. The van der Waals surface area contributed by atoms with Crippen molar-refractivity contribution in [2.24, 2.45) is 12.8 Å². The summed E-state index contributed by atoms with van der Waals surface area (Å²) in [7, 11) is 1.72. The maximum absolute atomic E-state index is 13.1. The second-order valence-corrected chi connectivity index (χ2v) is 8.88. The number of likely N-dealkylation sites (tertiary alicyclic amines) is 1. The van der Waals surface area contributed by atoms with Crippen molar-refractivity contribution in [1.82, 2.24) is 19.4 Å². The molecule has 0 aliphatic carbocycles. The predicted molar refractivity (Wildman–Crippen MR) is 124 cm³/mol. The summed E-state index contributed by atoms with van der Waals surface area (Å²) in [5.74, 6) is 0.0663. The molecule has 1 aliphatic heterocycles. The monoisotopic (exact) mass is 432 g/mol. The van der Waals surface area contributed by atoms with Gasteiger partial charge in [-0.3, -0.25) is 20.0 Å². The zero-order valence-electron chi connectivity index (χ0n) is 18.7. The molecule has 8 heteroatoms. The van der Waals surface area contributed by atoms with Gasteiger partial charge in [-0.1, -0.05) is 6.07 Å². The highest BCUT2D eigenvalue weighted by Crippen LogP contribution is 2.29. The molecule has 0 spiro atoms. The maximum Gasteiger partial charge on any atom is 0.272 e. The number of rotatable bonds is 5. The van der Waals surface area contributed by atoms with Crippen LogP contribution in [0.4, 0.5) is 0 Å². The highest BCUT2D eigenvalue weighted by Gasteiger charge is 2.35. The van der Waals surface area contributed by atoms with Gasteiger partial charge in [0.25, 0.3) is 5.56 Å². The van der Waals surface area contributed by atoms with Gasteiger partial charge in [0.1, 0.15) is 11.5 Å². The number of amides is 1. The summed E-state index contributed by atoms with van der Waals surface area (Å²) in [6, 6.07) is 9.15. The molecule has 1 fully saturated rings. The van der Waals surface area contributed by atoms with E-state index in [1.54, 1.807) is 23.7 Å². The number of nitrogens with two attached hydrogens (primary N) is 1. The van der Waals surface area contributed by atoms with E-state index < -0.39 is 5.41 Å². The minimum atomic E-state index is -0.681. The lowest BCUT2D eigenvalue weighted by Gasteiger charge is -2.29. The molecular weight excluding hydrogens is 404 g/mol. The number of nitrogens with one attached hydrogen (secondary N) is 1. The van der Waals surface area contributed by atoms with Crippen LogP contribution in [0.5, 0.6) is 0 Å². The lowest BCUT2D eigenvalue weighted by atomic mass is 9.83. The minimum absolute atomic E-state index is 0.0533. The molecule has 8 nitrogen and oxygen atoms in total. The third-order valence-corrected chi connectivity index (χ3v) is 6.28. The second-order valence-electron chi connectivity index (χ2n) is 8.88. The molecule has 0 atom stereocenters. The van der Waals surface area contributed by atoms with E-state index in [9.17, 15) is 9.59 Å². The molecule has 3 heterocycles. The molecule has 3 aromatic rings. The summed E-state index contributed by atoms with van der Waals surface area (Å²) in [4.78, 5) is 36.9. The number of benzene rings is 1.